The number of rotatable bonds is 8. The summed E-state index contributed by atoms with van der Waals surface area (Å²) in [5.41, 5.74) is 1.99. The second-order valence-electron chi connectivity index (χ2n) is 5.61. The standard InChI is InChI=1S/C20H25NO3/c1-4-15(3)16-10-6-7-11-17(16)21-20(22)14-24-19-13-9-8-12-18(19)23-5-2/h6-13,15H,4-5,14H2,1-3H3,(H,21,22)/t15-/m1/s1. The molecule has 128 valence electrons. The van der Waals surface area contributed by atoms with Gasteiger partial charge in [0.2, 0.25) is 0 Å². The molecular formula is C20H25NO3. The van der Waals surface area contributed by atoms with Crippen molar-refractivity contribution in [3.05, 3.63) is 54.1 Å². The predicted octanol–water partition coefficient (Wildman–Crippen LogP) is 4.62. The third kappa shape index (κ3) is 4.75. The van der Waals surface area contributed by atoms with E-state index in [1.807, 2.05) is 43.3 Å². The highest BCUT2D eigenvalue weighted by molar-refractivity contribution is 5.92. The molecule has 0 saturated heterocycles. The average molecular weight is 327 g/mol. The van der Waals surface area contributed by atoms with Gasteiger partial charge in [-0.05, 0) is 43.0 Å². The van der Waals surface area contributed by atoms with Gasteiger partial charge in [-0.15, -0.1) is 0 Å². The van der Waals surface area contributed by atoms with E-state index in [0.717, 1.165) is 17.7 Å². The molecule has 1 atom stereocenters. The summed E-state index contributed by atoms with van der Waals surface area (Å²) in [5, 5.41) is 2.94. The third-order valence-electron chi connectivity index (χ3n) is 3.89. The number of para-hydroxylation sites is 3. The first-order valence-corrected chi connectivity index (χ1v) is 8.39. The van der Waals surface area contributed by atoms with E-state index in [2.05, 4.69) is 25.2 Å². The Balaban J connectivity index is 2.00. The minimum absolute atomic E-state index is 0.0566. The molecule has 4 nitrogen and oxygen atoms in total. The molecule has 0 aliphatic carbocycles. The summed E-state index contributed by atoms with van der Waals surface area (Å²) in [6.45, 7) is 6.69. The summed E-state index contributed by atoms with van der Waals surface area (Å²) in [5.74, 6) is 1.43. The highest BCUT2D eigenvalue weighted by Gasteiger charge is 2.12. The van der Waals surface area contributed by atoms with E-state index in [1.54, 1.807) is 6.07 Å². The van der Waals surface area contributed by atoms with E-state index in [9.17, 15) is 4.79 Å². The van der Waals surface area contributed by atoms with E-state index in [-0.39, 0.29) is 12.5 Å². The van der Waals surface area contributed by atoms with E-state index in [0.29, 0.717) is 24.0 Å². The Morgan fingerprint density at radius 2 is 1.62 bits per heavy atom. The van der Waals surface area contributed by atoms with Crippen LogP contribution in [0.25, 0.3) is 0 Å². The Hall–Kier alpha value is -2.49. The van der Waals surface area contributed by atoms with Crippen molar-refractivity contribution in [2.45, 2.75) is 33.1 Å². The molecule has 4 heteroatoms. The van der Waals surface area contributed by atoms with Crippen LogP contribution < -0.4 is 14.8 Å². The lowest BCUT2D eigenvalue weighted by molar-refractivity contribution is -0.118. The van der Waals surface area contributed by atoms with E-state index >= 15 is 0 Å². The van der Waals surface area contributed by atoms with Crippen molar-refractivity contribution in [1.82, 2.24) is 0 Å². The summed E-state index contributed by atoms with van der Waals surface area (Å²) >= 11 is 0. The lowest BCUT2D eigenvalue weighted by Gasteiger charge is -2.16. The van der Waals surface area contributed by atoms with Crippen molar-refractivity contribution >= 4 is 11.6 Å². The van der Waals surface area contributed by atoms with Gasteiger partial charge >= 0.3 is 0 Å². The first-order chi connectivity index (χ1) is 11.7. The van der Waals surface area contributed by atoms with Gasteiger partial charge in [0.05, 0.1) is 6.61 Å². The van der Waals surface area contributed by atoms with Gasteiger partial charge in [-0.2, -0.15) is 0 Å². The van der Waals surface area contributed by atoms with Gasteiger partial charge in [0.25, 0.3) is 5.91 Å². The number of nitrogens with one attached hydrogen (secondary N) is 1. The fourth-order valence-electron chi connectivity index (χ4n) is 2.43. The molecule has 1 N–H and O–H groups in total. The van der Waals surface area contributed by atoms with Crippen LogP contribution >= 0.6 is 0 Å². The largest absolute Gasteiger partial charge is 0.490 e. The fourth-order valence-corrected chi connectivity index (χ4v) is 2.43. The first-order valence-electron chi connectivity index (χ1n) is 8.39. The number of ether oxygens (including phenoxy) is 2. The number of anilines is 1. The highest BCUT2D eigenvalue weighted by atomic mass is 16.5. The maximum absolute atomic E-state index is 12.2. The third-order valence-corrected chi connectivity index (χ3v) is 3.89. The van der Waals surface area contributed by atoms with Crippen LogP contribution in [-0.4, -0.2) is 19.1 Å². The predicted molar refractivity (Wildman–Crippen MR) is 96.9 cm³/mol. The Morgan fingerprint density at radius 3 is 2.29 bits per heavy atom. The number of benzene rings is 2. The number of hydrogen-bond acceptors (Lipinski definition) is 3. The van der Waals surface area contributed by atoms with Gasteiger partial charge in [-0.3, -0.25) is 4.79 Å². The van der Waals surface area contributed by atoms with Crippen molar-refractivity contribution in [3.63, 3.8) is 0 Å². The Kier molecular flexibility index (Phi) is 6.67. The van der Waals surface area contributed by atoms with Crippen LogP contribution in [0, 0.1) is 0 Å². The Labute approximate surface area is 143 Å². The zero-order valence-electron chi connectivity index (χ0n) is 14.5. The van der Waals surface area contributed by atoms with E-state index in [1.165, 1.54) is 0 Å². The molecule has 0 saturated carbocycles. The maximum Gasteiger partial charge on any atom is 0.262 e. The van der Waals surface area contributed by atoms with Crippen LogP contribution in [0.3, 0.4) is 0 Å². The summed E-state index contributed by atoms with van der Waals surface area (Å²) < 4.78 is 11.1. The van der Waals surface area contributed by atoms with Gasteiger partial charge in [0.1, 0.15) is 0 Å². The van der Waals surface area contributed by atoms with Gasteiger partial charge in [-0.1, -0.05) is 44.2 Å². The Morgan fingerprint density at radius 1 is 1.00 bits per heavy atom. The van der Waals surface area contributed by atoms with Crippen molar-refractivity contribution < 1.29 is 14.3 Å². The van der Waals surface area contributed by atoms with Crippen molar-refractivity contribution in [2.75, 3.05) is 18.5 Å². The second kappa shape index (κ2) is 8.96. The summed E-state index contributed by atoms with van der Waals surface area (Å²) in [6, 6.07) is 15.2. The van der Waals surface area contributed by atoms with Crippen LogP contribution in [0.15, 0.2) is 48.5 Å². The van der Waals surface area contributed by atoms with Crippen LogP contribution in [0.4, 0.5) is 5.69 Å². The van der Waals surface area contributed by atoms with Gasteiger partial charge in [0.15, 0.2) is 18.1 Å². The molecule has 1 amide bonds. The fraction of sp³-hybridized carbons (Fsp3) is 0.350. The lowest BCUT2D eigenvalue weighted by Crippen LogP contribution is -2.21. The van der Waals surface area contributed by atoms with Gasteiger partial charge in [-0.25, -0.2) is 0 Å². The first kappa shape index (κ1) is 17.9. The molecule has 2 aromatic rings. The summed E-state index contributed by atoms with van der Waals surface area (Å²) in [7, 11) is 0. The lowest BCUT2D eigenvalue weighted by atomic mass is 9.97. The molecule has 0 aliphatic heterocycles. The van der Waals surface area contributed by atoms with Crippen molar-refractivity contribution in [2.24, 2.45) is 0 Å². The highest BCUT2D eigenvalue weighted by Crippen LogP contribution is 2.28. The monoisotopic (exact) mass is 327 g/mol. The van der Waals surface area contributed by atoms with Crippen LogP contribution in [0.2, 0.25) is 0 Å². The van der Waals surface area contributed by atoms with Crippen LogP contribution in [-0.2, 0) is 4.79 Å². The molecule has 0 aromatic heterocycles. The second-order valence-corrected chi connectivity index (χ2v) is 5.61. The van der Waals surface area contributed by atoms with Crippen molar-refractivity contribution in [3.8, 4) is 11.5 Å². The van der Waals surface area contributed by atoms with Gasteiger partial charge < -0.3 is 14.8 Å². The molecule has 0 fully saturated rings. The molecule has 2 aromatic carbocycles. The minimum Gasteiger partial charge on any atom is -0.490 e. The normalized spacial score (nSPS) is 11.6. The van der Waals surface area contributed by atoms with Gasteiger partial charge in [0, 0.05) is 5.69 Å². The van der Waals surface area contributed by atoms with E-state index < -0.39 is 0 Å². The number of carbonyl (C=O) groups is 1. The molecule has 0 heterocycles. The molecule has 0 bridgehead atoms. The molecule has 0 radical (unpaired) electrons. The number of carbonyl (C=O) groups excluding carboxylic acids is 1. The molecular weight excluding hydrogens is 302 g/mol. The minimum atomic E-state index is -0.183. The van der Waals surface area contributed by atoms with E-state index in [4.69, 9.17) is 9.47 Å². The van der Waals surface area contributed by atoms with Crippen LogP contribution in [0.1, 0.15) is 38.7 Å². The average Bonchev–Trinajstić information content (AvgIpc) is 2.61. The zero-order valence-corrected chi connectivity index (χ0v) is 14.5. The molecule has 0 aliphatic rings. The quantitative estimate of drug-likeness (QED) is 0.770. The molecule has 24 heavy (non-hydrogen) atoms. The maximum atomic E-state index is 12.2. The molecule has 0 unspecified atom stereocenters. The zero-order chi connectivity index (χ0) is 17.4. The topological polar surface area (TPSA) is 47.6 Å². The number of hydrogen-bond donors (Lipinski definition) is 1. The molecule has 2 rings (SSSR count). The van der Waals surface area contributed by atoms with Crippen LogP contribution in [0.5, 0.6) is 11.5 Å². The van der Waals surface area contributed by atoms with Crippen molar-refractivity contribution in [1.29, 1.82) is 0 Å². The summed E-state index contributed by atoms with van der Waals surface area (Å²) in [6.07, 6.45) is 1.02. The molecule has 0 spiro atoms. The summed E-state index contributed by atoms with van der Waals surface area (Å²) in [4.78, 5) is 12.2. The smallest absolute Gasteiger partial charge is 0.262 e. The Bertz CT molecular complexity index is 669. The number of amides is 1. The SMILES string of the molecule is CCOc1ccccc1OCC(=O)Nc1ccccc1[C@H](C)CC.